The van der Waals surface area contributed by atoms with Crippen molar-refractivity contribution in [1.29, 1.82) is 0 Å². The largest absolute Gasteiger partial charge is 0.354 e. The molecule has 0 saturated heterocycles. The van der Waals surface area contributed by atoms with Crippen molar-refractivity contribution in [1.82, 2.24) is 20.3 Å². The fraction of sp³-hybridized carbons (Fsp3) is 0.158. The first-order valence-corrected chi connectivity index (χ1v) is 8.19. The van der Waals surface area contributed by atoms with E-state index in [1.807, 2.05) is 12.1 Å². The van der Waals surface area contributed by atoms with Crippen LogP contribution >= 0.6 is 0 Å². The number of carbonyl (C=O) groups is 1. The highest BCUT2D eigenvalue weighted by Crippen LogP contribution is 2.07. The van der Waals surface area contributed by atoms with Crippen molar-refractivity contribution in [2.24, 2.45) is 0 Å². The minimum absolute atomic E-state index is 0.226. The molecule has 7 heteroatoms. The Morgan fingerprint density at radius 2 is 1.77 bits per heavy atom. The number of carbonyl (C=O) groups excluding carboxylic acids is 1. The zero-order valence-electron chi connectivity index (χ0n) is 14.0. The van der Waals surface area contributed by atoms with Gasteiger partial charge in [-0.15, -0.1) is 0 Å². The Morgan fingerprint density at radius 1 is 1.04 bits per heavy atom. The number of nitrogens with one attached hydrogen (secondary N) is 2. The first-order chi connectivity index (χ1) is 12.7. The molecule has 0 aliphatic heterocycles. The number of pyridine rings is 1. The summed E-state index contributed by atoms with van der Waals surface area (Å²) in [4.78, 5) is 24.3. The molecule has 0 aliphatic carbocycles. The average Bonchev–Trinajstić information content (AvgIpc) is 2.69. The fourth-order valence-electron chi connectivity index (χ4n) is 2.33. The molecule has 6 nitrogen and oxygen atoms in total. The second-order valence-electron chi connectivity index (χ2n) is 5.60. The number of rotatable bonds is 7. The summed E-state index contributed by atoms with van der Waals surface area (Å²) in [6.45, 7) is 0.901. The van der Waals surface area contributed by atoms with Gasteiger partial charge in [-0.05, 0) is 35.7 Å². The maximum Gasteiger partial charge on any atom is 0.254 e. The van der Waals surface area contributed by atoms with Gasteiger partial charge in [0, 0.05) is 37.9 Å². The highest BCUT2D eigenvalue weighted by molar-refractivity contribution is 5.93. The van der Waals surface area contributed by atoms with Crippen LogP contribution in [0.15, 0.2) is 61.2 Å². The summed E-state index contributed by atoms with van der Waals surface area (Å²) in [5, 5.41) is 5.81. The van der Waals surface area contributed by atoms with Gasteiger partial charge in [0.25, 0.3) is 5.91 Å². The lowest BCUT2D eigenvalue weighted by Crippen LogP contribution is -2.23. The summed E-state index contributed by atoms with van der Waals surface area (Å²) >= 11 is 0. The number of anilines is 1. The summed E-state index contributed by atoms with van der Waals surface area (Å²) < 4.78 is 13.5. The second-order valence-corrected chi connectivity index (χ2v) is 5.60. The van der Waals surface area contributed by atoms with Crippen LogP contribution in [0, 0.1) is 5.82 Å². The van der Waals surface area contributed by atoms with Crippen molar-refractivity contribution in [2.45, 2.75) is 13.0 Å². The molecular formula is C19H18FN5O. The molecule has 0 aliphatic rings. The number of nitrogens with zero attached hydrogens (tertiary/aromatic N) is 3. The van der Waals surface area contributed by atoms with E-state index >= 15 is 0 Å². The first-order valence-electron chi connectivity index (χ1n) is 8.19. The Morgan fingerprint density at radius 3 is 2.50 bits per heavy atom. The van der Waals surface area contributed by atoms with E-state index in [1.54, 1.807) is 30.6 Å². The van der Waals surface area contributed by atoms with Gasteiger partial charge < -0.3 is 10.6 Å². The van der Waals surface area contributed by atoms with Crippen molar-refractivity contribution in [3.05, 3.63) is 83.7 Å². The zero-order chi connectivity index (χ0) is 18.2. The van der Waals surface area contributed by atoms with Crippen molar-refractivity contribution in [3.63, 3.8) is 0 Å². The van der Waals surface area contributed by atoms with Crippen molar-refractivity contribution >= 4 is 11.9 Å². The smallest absolute Gasteiger partial charge is 0.254 e. The van der Waals surface area contributed by atoms with Crippen LogP contribution < -0.4 is 10.6 Å². The summed E-state index contributed by atoms with van der Waals surface area (Å²) in [6.07, 6.45) is 6.78. The Balaban J connectivity index is 1.48. The molecule has 0 atom stereocenters. The number of halogens is 1. The molecule has 0 unspecified atom stereocenters. The van der Waals surface area contributed by atoms with Gasteiger partial charge >= 0.3 is 0 Å². The lowest BCUT2D eigenvalue weighted by atomic mass is 10.1. The molecule has 2 heterocycles. The van der Waals surface area contributed by atoms with Crippen LogP contribution in [-0.4, -0.2) is 27.4 Å². The maximum absolute atomic E-state index is 13.5. The van der Waals surface area contributed by atoms with Crippen LogP contribution in [0.1, 0.15) is 21.5 Å². The summed E-state index contributed by atoms with van der Waals surface area (Å²) in [5.74, 6) is -0.0804. The molecule has 1 amide bonds. The Bertz CT molecular complexity index is 855. The van der Waals surface area contributed by atoms with E-state index in [0.717, 1.165) is 5.56 Å². The van der Waals surface area contributed by atoms with Gasteiger partial charge in [0.2, 0.25) is 5.95 Å². The molecule has 3 rings (SSSR count). The van der Waals surface area contributed by atoms with Crippen molar-refractivity contribution < 1.29 is 9.18 Å². The standard InChI is InChI=1S/C19H18FN5O/c20-17-4-2-1-3-15(17)7-10-22-19-24-12-16(13-25-19)18(26)23-11-14-5-8-21-9-6-14/h1-6,8-9,12-13H,7,10-11H2,(H,23,26)(H,22,24,25). The highest BCUT2D eigenvalue weighted by Gasteiger charge is 2.07. The Labute approximate surface area is 150 Å². The van der Waals surface area contributed by atoms with E-state index < -0.39 is 0 Å². The third-order valence-electron chi connectivity index (χ3n) is 3.75. The van der Waals surface area contributed by atoms with E-state index in [-0.39, 0.29) is 11.7 Å². The monoisotopic (exact) mass is 351 g/mol. The van der Waals surface area contributed by atoms with Crippen molar-refractivity contribution in [3.8, 4) is 0 Å². The van der Waals surface area contributed by atoms with Gasteiger partial charge in [0.05, 0.1) is 5.56 Å². The van der Waals surface area contributed by atoms with Gasteiger partial charge in [0.15, 0.2) is 0 Å². The molecule has 0 bridgehead atoms. The molecule has 132 valence electrons. The quantitative estimate of drug-likeness (QED) is 0.684. The lowest BCUT2D eigenvalue weighted by molar-refractivity contribution is 0.0950. The summed E-state index contributed by atoms with van der Waals surface area (Å²) in [5.41, 5.74) is 1.96. The Hall–Kier alpha value is -3.35. The molecule has 3 aromatic rings. The summed E-state index contributed by atoms with van der Waals surface area (Å²) in [6, 6.07) is 10.3. The SMILES string of the molecule is O=C(NCc1ccncc1)c1cnc(NCCc2ccccc2F)nc1. The zero-order valence-corrected chi connectivity index (χ0v) is 14.0. The third-order valence-corrected chi connectivity index (χ3v) is 3.75. The van der Waals surface area contributed by atoms with E-state index in [2.05, 4.69) is 25.6 Å². The van der Waals surface area contributed by atoms with E-state index in [4.69, 9.17) is 0 Å². The van der Waals surface area contributed by atoms with Crippen molar-refractivity contribution in [2.75, 3.05) is 11.9 Å². The number of hydrogen-bond acceptors (Lipinski definition) is 5. The van der Waals surface area contributed by atoms with Gasteiger partial charge in [-0.25, -0.2) is 14.4 Å². The third kappa shape index (κ3) is 4.83. The molecule has 26 heavy (non-hydrogen) atoms. The number of benzene rings is 1. The molecule has 1 aromatic carbocycles. The van der Waals surface area contributed by atoms with E-state index in [1.165, 1.54) is 18.5 Å². The minimum Gasteiger partial charge on any atom is -0.354 e. The topological polar surface area (TPSA) is 79.8 Å². The number of amides is 1. The normalized spacial score (nSPS) is 10.3. The maximum atomic E-state index is 13.5. The molecule has 0 radical (unpaired) electrons. The van der Waals surface area contributed by atoms with Gasteiger partial charge in [0.1, 0.15) is 5.82 Å². The van der Waals surface area contributed by atoms with Crippen LogP contribution in [0.2, 0.25) is 0 Å². The summed E-state index contributed by atoms with van der Waals surface area (Å²) in [7, 11) is 0. The lowest BCUT2D eigenvalue weighted by Gasteiger charge is -2.07. The van der Waals surface area contributed by atoms with Gasteiger partial charge in [-0.2, -0.15) is 0 Å². The van der Waals surface area contributed by atoms with Crippen LogP contribution in [0.5, 0.6) is 0 Å². The predicted octanol–water partition coefficient (Wildman–Crippen LogP) is 2.60. The fourth-order valence-corrected chi connectivity index (χ4v) is 2.33. The molecule has 2 N–H and O–H groups in total. The van der Waals surface area contributed by atoms with E-state index in [9.17, 15) is 9.18 Å². The number of aromatic nitrogens is 3. The van der Waals surface area contributed by atoms with Gasteiger partial charge in [-0.3, -0.25) is 9.78 Å². The highest BCUT2D eigenvalue weighted by atomic mass is 19.1. The first kappa shape index (κ1) is 17.5. The molecule has 2 aromatic heterocycles. The minimum atomic E-state index is -0.250. The Kier molecular flexibility index (Phi) is 5.82. The van der Waals surface area contributed by atoms with Crippen LogP contribution in [-0.2, 0) is 13.0 Å². The average molecular weight is 351 g/mol. The second kappa shape index (κ2) is 8.66. The van der Waals surface area contributed by atoms with Crippen LogP contribution in [0.4, 0.5) is 10.3 Å². The van der Waals surface area contributed by atoms with Crippen LogP contribution in [0.3, 0.4) is 0 Å². The molecular weight excluding hydrogens is 333 g/mol. The molecule has 0 fully saturated rings. The predicted molar refractivity (Wildman–Crippen MR) is 96.0 cm³/mol. The number of hydrogen-bond donors (Lipinski definition) is 2. The van der Waals surface area contributed by atoms with E-state index in [0.29, 0.717) is 36.6 Å². The molecule has 0 spiro atoms. The van der Waals surface area contributed by atoms with Gasteiger partial charge in [-0.1, -0.05) is 18.2 Å². The van der Waals surface area contributed by atoms with Crippen LogP contribution in [0.25, 0.3) is 0 Å². The molecule has 0 saturated carbocycles.